The smallest absolute Gasteiger partial charge is 0.346 e. The van der Waals surface area contributed by atoms with Crippen LogP contribution in [0.5, 0.6) is 5.75 Å². The minimum Gasteiger partial charge on any atom is -0.477 e. The molecule has 20 heavy (non-hydrogen) atoms. The van der Waals surface area contributed by atoms with Crippen LogP contribution in [-0.2, 0) is 16.1 Å². The van der Waals surface area contributed by atoms with Crippen molar-refractivity contribution >= 4 is 17.6 Å². The van der Waals surface area contributed by atoms with E-state index in [9.17, 15) is 4.79 Å². The number of ether oxygens (including phenoxy) is 2. The van der Waals surface area contributed by atoms with Gasteiger partial charge in [-0.3, -0.25) is 0 Å². The molecule has 112 valence electrons. The molecule has 1 atom stereocenters. The van der Waals surface area contributed by atoms with Crippen molar-refractivity contribution in [3.05, 3.63) is 28.8 Å². The van der Waals surface area contributed by atoms with Crippen LogP contribution < -0.4 is 10.1 Å². The fraction of sp³-hybridized carbons (Fsp3) is 0.533. The molecule has 1 N–H and O–H groups in total. The van der Waals surface area contributed by atoms with Crippen LogP contribution in [0.1, 0.15) is 26.3 Å². The van der Waals surface area contributed by atoms with Crippen molar-refractivity contribution in [3.8, 4) is 5.75 Å². The average Bonchev–Trinajstić information content (AvgIpc) is 2.40. The lowest BCUT2D eigenvalue weighted by Gasteiger charge is -2.14. The van der Waals surface area contributed by atoms with E-state index in [1.807, 2.05) is 12.1 Å². The summed E-state index contributed by atoms with van der Waals surface area (Å²) in [5.41, 5.74) is 1.08. The molecule has 1 unspecified atom stereocenters. The van der Waals surface area contributed by atoms with Crippen LogP contribution in [0, 0.1) is 5.92 Å². The Bertz CT molecular complexity index is 449. The van der Waals surface area contributed by atoms with E-state index in [4.69, 9.17) is 16.3 Å². The third kappa shape index (κ3) is 5.39. The topological polar surface area (TPSA) is 47.6 Å². The molecule has 0 saturated heterocycles. The third-order valence-electron chi connectivity index (χ3n) is 2.71. The molecule has 1 aromatic rings. The van der Waals surface area contributed by atoms with Crippen LogP contribution in [0.15, 0.2) is 18.2 Å². The van der Waals surface area contributed by atoms with Gasteiger partial charge in [-0.1, -0.05) is 31.5 Å². The van der Waals surface area contributed by atoms with Gasteiger partial charge in [0.25, 0.3) is 0 Å². The molecule has 1 rings (SSSR count). The van der Waals surface area contributed by atoms with Gasteiger partial charge in [0.1, 0.15) is 5.75 Å². The maximum Gasteiger partial charge on any atom is 0.346 e. The lowest BCUT2D eigenvalue weighted by atomic mass is 10.2. The van der Waals surface area contributed by atoms with Crippen LogP contribution in [0.2, 0.25) is 5.02 Å². The predicted molar refractivity (Wildman–Crippen MR) is 80.1 cm³/mol. The average molecular weight is 300 g/mol. The van der Waals surface area contributed by atoms with Crippen LogP contribution >= 0.6 is 11.6 Å². The second kappa shape index (κ2) is 8.12. The molecule has 0 aliphatic carbocycles. The molecule has 0 aliphatic rings. The zero-order chi connectivity index (χ0) is 15.1. The Labute approximate surface area is 125 Å². The summed E-state index contributed by atoms with van der Waals surface area (Å²) in [6.45, 7) is 7.65. The third-order valence-corrected chi connectivity index (χ3v) is 3.01. The van der Waals surface area contributed by atoms with Gasteiger partial charge in [0, 0.05) is 6.54 Å². The number of rotatable bonds is 7. The van der Waals surface area contributed by atoms with Crippen LogP contribution in [-0.4, -0.2) is 25.7 Å². The summed E-state index contributed by atoms with van der Waals surface area (Å²) in [4.78, 5) is 11.3. The summed E-state index contributed by atoms with van der Waals surface area (Å²) < 4.78 is 10.1. The molecular weight excluding hydrogens is 278 g/mol. The number of nitrogens with one attached hydrogen (secondary N) is 1. The molecule has 0 saturated carbocycles. The Morgan fingerprint density at radius 3 is 2.60 bits per heavy atom. The quantitative estimate of drug-likeness (QED) is 0.786. The first-order valence-corrected chi connectivity index (χ1v) is 7.05. The zero-order valence-electron chi connectivity index (χ0n) is 12.4. The number of esters is 1. The van der Waals surface area contributed by atoms with E-state index in [2.05, 4.69) is 23.9 Å². The number of hydrogen-bond donors (Lipinski definition) is 1. The minimum absolute atomic E-state index is 0.427. The largest absolute Gasteiger partial charge is 0.477 e. The highest BCUT2D eigenvalue weighted by atomic mass is 35.5. The van der Waals surface area contributed by atoms with E-state index >= 15 is 0 Å². The van der Waals surface area contributed by atoms with Crippen LogP contribution in [0.3, 0.4) is 0 Å². The minimum atomic E-state index is -0.678. The molecule has 0 spiro atoms. The van der Waals surface area contributed by atoms with Gasteiger partial charge < -0.3 is 14.8 Å². The molecule has 0 aromatic heterocycles. The Kier molecular flexibility index (Phi) is 6.82. The fourth-order valence-corrected chi connectivity index (χ4v) is 1.91. The summed E-state index contributed by atoms with van der Waals surface area (Å²) >= 11 is 6.16. The number of hydrogen-bond acceptors (Lipinski definition) is 4. The second-order valence-electron chi connectivity index (χ2n) is 5.07. The lowest BCUT2D eigenvalue weighted by Crippen LogP contribution is -2.25. The van der Waals surface area contributed by atoms with E-state index in [1.54, 1.807) is 13.0 Å². The highest BCUT2D eigenvalue weighted by molar-refractivity contribution is 6.32. The van der Waals surface area contributed by atoms with Gasteiger partial charge in [0.2, 0.25) is 0 Å². The van der Waals surface area contributed by atoms with E-state index in [0.29, 0.717) is 16.7 Å². The van der Waals surface area contributed by atoms with Crippen molar-refractivity contribution < 1.29 is 14.3 Å². The first-order valence-electron chi connectivity index (χ1n) is 6.67. The predicted octanol–water partition coefficient (Wildman–Crippen LogP) is 3.03. The maximum absolute atomic E-state index is 11.3. The number of methoxy groups -OCH3 is 1. The van der Waals surface area contributed by atoms with Crippen molar-refractivity contribution in [2.45, 2.75) is 33.4 Å². The number of carbonyl (C=O) groups is 1. The lowest BCUT2D eigenvalue weighted by molar-refractivity contribution is -0.147. The molecule has 0 bridgehead atoms. The molecule has 1 aromatic carbocycles. The summed E-state index contributed by atoms with van der Waals surface area (Å²) in [5.74, 6) is 0.662. The standard InChI is InChI=1S/C15H22ClNO3/c1-10(2)8-17-9-12-5-6-14(13(16)7-12)20-11(3)15(18)19-4/h5-7,10-11,17H,8-9H2,1-4H3. The molecule has 0 radical (unpaired) electrons. The first kappa shape index (κ1) is 16.8. The van der Waals surface area contributed by atoms with Crippen molar-refractivity contribution in [2.24, 2.45) is 5.92 Å². The van der Waals surface area contributed by atoms with E-state index in [-0.39, 0.29) is 0 Å². The number of carbonyl (C=O) groups excluding carboxylic acids is 1. The highest BCUT2D eigenvalue weighted by Crippen LogP contribution is 2.26. The van der Waals surface area contributed by atoms with E-state index in [0.717, 1.165) is 18.7 Å². The van der Waals surface area contributed by atoms with Crippen LogP contribution in [0.25, 0.3) is 0 Å². The van der Waals surface area contributed by atoms with E-state index in [1.165, 1.54) is 7.11 Å². The molecule has 5 heteroatoms. The molecule has 0 aliphatic heterocycles. The van der Waals surface area contributed by atoms with Gasteiger partial charge in [-0.15, -0.1) is 0 Å². The normalized spacial score (nSPS) is 12.3. The number of benzene rings is 1. The summed E-state index contributed by atoms with van der Waals surface area (Å²) in [7, 11) is 1.33. The second-order valence-corrected chi connectivity index (χ2v) is 5.48. The van der Waals surface area contributed by atoms with Crippen molar-refractivity contribution in [1.82, 2.24) is 5.32 Å². The van der Waals surface area contributed by atoms with Crippen LogP contribution in [0.4, 0.5) is 0 Å². The summed E-state index contributed by atoms with van der Waals surface area (Å²) in [5, 5.41) is 3.83. The van der Waals surface area contributed by atoms with Gasteiger partial charge in [-0.2, -0.15) is 0 Å². The van der Waals surface area contributed by atoms with Crippen molar-refractivity contribution in [2.75, 3.05) is 13.7 Å². The molecule has 0 fully saturated rings. The SMILES string of the molecule is COC(=O)C(C)Oc1ccc(CNCC(C)C)cc1Cl. The molecular formula is C15H22ClNO3. The zero-order valence-corrected chi connectivity index (χ0v) is 13.2. The van der Waals surface area contributed by atoms with Gasteiger partial charge >= 0.3 is 5.97 Å². The monoisotopic (exact) mass is 299 g/mol. The Morgan fingerprint density at radius 1 is 1.35 bits per heavy atom. The fourth-order valence-electron chi connectivity index (χ4n) is 1.66. The molecule has 0 heterocycles. The van der Waals surface area contributed by atoms with Gasteiger partial charge in [0.15, 0.2) is 6.10 Å². The molecule has 4 nitrogen and oxygen atoms in total. The Balaban J connectivity index is 2.61. The number of halogens is 1. The van der Waals surface area contributed by atoms with Gasteiger partial charge in [-0.25, -0.2) is 4.79 Å². The van der Waals surface area contributed by atoms with Gasteiger partial charge in [0.05, 0.1) is 12.1 Å². The van der Waals surface area contributed by atoms with Crippen molar-refractivity contribution in [3.63, 3.8) is 0 Å². The van der Waals surface area contributed by atoms with Gasteiger partial charge in [-0.05, 0) is 37.1 Å². The Hall–Kier alpha value is -1.26. The van der Waals surface area contributed by atoms with Crippen molar-refractivity contribution in [1.29, 1.82) is 0 Å². The summed E-state index contributed by atoms with van der Waals surface area (Å²) in [6.07, 6.45) is -0.678. The Morgan fingerprint density at radius 2 is 2.05 bits per heavy atom. The first-order chi connectivity index (χ1) is 9.43. The maximum atomic E-state index is 11.3. The van der Waals surface area contributed by atoms with E-state index < -0.39 is 12.1 Å². The molecule has 0 amide bonds. The highest BCUT2D eigenvalue weighted by Gasteiger charge is 2.16. The summed E-state index contributed by atoms with van der Waals surface area (Å²) in [6, 6.07) is 5.54.